The van der Waals surface area contributed by atoms with Crippen molar-refractivity contribution in [3.63, 3.8) is 0 Å². The summed E-state index contributed by atoms with van der Waals surface area (Å²) in [6.07, 6.45) is 19.3. The monoisotopic (exact) mass is 404 g/mol. The molecule has 7 unspecified atom stereocenters. The average Bonchev–Trinajstić information content (AvgIpc) is 2.99. The van der Waals surface area contributed by atoms with E-state index >= 15 is 0 Å². The van der Waals surface area contributed by atoms with Crippen molar-refractivity contribution in [3.05, 3.63) is 12.2 Å². The highest BCUT2D eigenvalue weighted by molar-refractivity contribution is 6.21. The van der Waals surface area contributed by atoms with Crippen molar-refractivity contribution in [1.29, 1.82) is 0 Å². The fourth-order valence-electron chi connectivity index (χ4n) is 8.79. The van der Waals surface area contributed by atoms with Gasteiger partial charge in [0.15, 0.2) is 0 Å². The quantitative estimate of drug-likeness (QED) is 0.318. The van der Waals surface area contributed by atoms with Gasteiger partial charge in [0.05, 0.1) is 5.38 Å². The SMILES string of the molecule is CC(C)CCC[C@@H](C)C1CCC2C3CC[C@H]4CC(Cl)C=CC4(C)C3CCC21C. The van der Waals surface area contributed by atoms with Crippen LogP contribution in [0, 0.1) is 52.3 Å². The van der Waals surface area contributed by atoms with Gasteiger partial charge in [-0.05, 0) is 97.2 Å². The van der Waals surface area contributed by atoms with Crippen molar-refractivity contribution in [3.8, 4) is 0 Å². The normalized spacial score (nSPS) is 48.8. The molecule has 9 atom stereocenters. The topological polar surface area (TPSA) is 0 Å². The highest BCUT2D eigenvalue weighted by atomic mass is 35.5. The van der Waals surface area contributed by atoms with E-state index in [1.54, 1.807) is 0 Å². The average molecular weight is 405 g/mol. The van der Waals surface area contributed by atoms with Crippen LogP contribution in [0.25, 0.3) is 0 Å². The molecule has 0 nitrogen and oxygen atoms in total. The van der Waals surface area contributed by atoms with E-state index in [4.69, 9.17) is 11.6 Å². The van der Waals surface area contributed by atoms with Gasteiger partial charge in [0.1, 0.15) is 0 Å². The van der Waals surface area contributed by atoms with Crippen molar-refractivity contribution in [2.75, 3.05) is 0 Å². The Morgan fingerprint density at radius 2 is 1.75 bits per heavy atom. The second-order valence-electron chi connectivity index (χ2n) is 12.2. The van der Waals surface area contributed by atoms with Gasteiger partial charge in [-0.25, -0.2) is 0 Å². The first kappa shape index (κ1) is 21.3. The summed E-state index contributed by atoms with van der Waals surface area (Å²) in [6.45, 7) is 12.7. The van der Waals surface area contributed by atoms with Gasteiger partial charge in [-0.15, -0.1) is 11.6 Å². The molecule has 0 radical (unpaired) electrons. The van der Waals surface area contributed by atoms with Gasteiger partial charge in [-0.1, -0.05) is 66.0 Å². The molecule has 0 aliphatic heterocycles. The molecular formula is C27H45Cl. The minimum Gasteiger partial charge on any atom is -0.118 e. The van der Waals surface area contributed by atoms with Crippen LogP contribution < -0.4 is 0 Å². The Labute approximate surface area is 180 Å². The lowest BCUT2D eigenvalue weighted by molar-refractivity contribution is -0.0843. The molecule has 4 aliphatic carbocycles. The zero-order valence-corrected chi connectivity index (χ0v) is 20.0. The Morgan fingerprint density at radius 1 is 0.964 bits per heavy atom. The van der Waals surface area contributed by atoms with Gasteiger partial charge >= 0.3 is 0 Å². The van der Waals surface area contributed by atoms with Crippen LogP contribution in [0.5, 0.6) is 0 Å². The maximum Gasteiger partial charge on any atom is 0.0519 e. The van der Waals surface area contributed by atoms with Crippen LogP contribution in [0.4, 0.5) is 0 Å². The number of alkyl halides is 1. The van der Waals surface area contributed by atoms with E-state index in [0.29, 0.717) is 10.8 Å². The highest BCUT2D eigenvalue weighted by Gasteiger charge is 2.59. The second kappa shape index (κ2) is 7.94. The Bertz CT molecular complexity index is 579. The lowest BCUT2D eigenvalue weighted by atomic mass is 9.45. The Kier molecular flexibility index (Phi) is 6.03. The lowest BCUT2D eigenvalue weighted by Gasteiger charge is -2.59. The van der Waals surface area contributed by atoms with E-state index < -0.39 is 0 Å². The van der Waals surface area contributed by atoms with Gasteiger partial charge in [0.2, 0.25) is 0 Å². The summed E-state index contributed by atoms with van der Waals surface area (Å²) in [5, 5.41) is 0.283. The third-order valence-corrected chi connectivity index (χ3v) is 10.7. The highest BCUT2D eigenvalue weighted by Crippen LogP contribution is 2.67. The Balaban J connectivity index is 1.48. The zero-order valence-electron chi connectivity index (χ0n) is 19.2. The molecule has 0 spiro atoms. The molecular weight excluding hydrogens is 360 g/mol. The summed E-state index contributed by atoms with van der Waals surface area (Å²) < 4.78 is 0. The summed E-state index contributed by atoms with van der Waals surface area (Å²) >= 11 is 6.51. The molecule has 160 valence electrons. The Hall–Kier alpha value is 0.0300. The number of fused-ring (bicyclic) bond motifs is 5. The van der Waals surface area contributed by atoms with Crippen LogP contribution in [0.3, 0.4) is 0 Å². The molecule has 0 N–H and O–H groups in total. The first-order valence-electron chi connectivity index (χ1n) is 12.6. The van der Waals surface area contributed by atoms with Crippen LogP contribution in [-0.4, -0.2) is 5.38 Å². The summed E-state index contributed by atoms with van der Waals surface area (Å²) in [5.41, 5.74) is 1.05. The van der Waals surface area contributed by atoms with Gasteiger partial charge in [0, 0.05) is 0 Å². The van der Waals surface area contributed by atoms with Gasteiger partial charge < -0.3 is 0 Å². The number of halogens is 1. The third kappa shape index (κ3) is 3.52. The second-order valence-corrected chi connectivity index (χ2v) is 12.7. The van der Waals surface area contributed by atoms with E-state index in [1.807, 2.05) is 0 Å². The van der Waals surface area contributed by atoms with E-state index in [-0.39, 0.29) is 5.38 Å². The Morgan fingerprint density at radius 3 is 2.50 bits per heavy atom. The van der Waals surface area contributed by atoms with E-state index in [1.165, 1.54) is 64.2 Å². The molecule has 4 rings (SSSR count). The predicted octanol–water partition coefficient (Wildman–Crippen LogP) is 8.49. The van der Waals surface area contributed by atoms with Gasteiger partial charge in [0.25, 0.3) is 0 Å². The molecule has 1 heteroatoms. The van der Waals surface area contributed by atoms with Crippen molar-refractivity contribution < 1.29 is 0 Å². The molecule has 0 aromatic rings. The summed E-state index contributed by atoms with van der Waals surface area (Å²) in [6, 6.07) is 0. The molecule has 4 aliphatic rings. The third-order valence-electron chi connectivity index (χ3n) is 10.3. The number of hydrogen-bond acceptors (Lipinski definition) is 0. The maximum absolute atomic E-state index is 6.51. The molecule has 0 bridgehead atoms. The van der Waals surface area contributed by atoms with Crippen LogP contribution in [0.1, 0.15) is 98.8 Å². The fraction of sp³-hybridized carbons (Fsp3) is 0.926. The number of rotatable bonds is 5. The maximum atomic E-state index is 6.51. The van der Waals surface area contributed by atoms with Crippen molar-refractivity contribution in [2.24, 2.45) is 52.3 Å². The molecule has 0 heterocycles. The molecule has 3 fully saturated rings. The predicted molar refractivity (Wildman–Crippen MR) is 123 cm³/mol. The van der Waals surface area contributed by atoms with Crippen molar-refractivity contribution in [2.45, 2.75) is 104 Å². The molecule has 0 aromatic heterocycles. The van der Waals surface area contributed by atoms with E-state index in [9.17, 15) is 0 Å². The van der Waals surface area contributed by atoms with E-state index in [2.05, 4.69) is 46.8 Å². The molecule has 0 saturated heterocycles. The summed E-state index contributed by atoms with van der Waals surface area (Å²) in [5.74, 6) is 6.47. The smallest absolute Gasteiger partial charge is 0.0519 e. The zero-order chi connectivity index (χ0) is 20.1. The minimum atomic E-state index is 0.283. The largest absolute Gasteiger partial charge is 0.118 e. The van der Waals surface area contributed by atoms with Crippen molar-refractivity contribution >= 4 is 11.6 Å². The van der Waals surface area contributed by atoms with Gasteiger partial charge in [-0.3, -0.25) is 0 Å². The number of allylic oxidation sites excluding steroid dienone is 2. The standard InChI is InChI=1S/C27H45Cl/c1-18(2)7-6-8-19(3)23-11-12-24-22-10-9-20-17-21(28)13-15-26(20,4)25(22)14-16-27(23,24)5/h13,15,18-25H,6-12,14,16-17H2,1-5H3/t19-,20+,21?,22?,23?,24?,25?,26?,27?/m1/s1. The molecule has 3 saturated carbocycles. The molecule has 0 amide bonds. The van der Waals surface area contributed by atoms with Crippen LogP contribution in [0.15, 0.2) is 12.2 Å². The number of hydrogen-bond donors (Lipinski definition) is 0. The van der Waals surface area contributed by atoms with Crippen molar-refractivity contribution in [1.82, 2.24) is 0 Å². The van der Waals surface area contributed by atoms with E-state index in [0.717, 1.165) is 41.4 Å². The first-order chi connectivity index (χ1) is 13.3. The molecule has 0 aromatic carbocycles. The molecule has 28 heavy (non-hydrogen) atoms. The fourth-order valence-corrected chi connectivity index (χ4v) is 9.08. The van der Waals surface area contributed by atoms with Gasteiger partial charge in [-0.2, -0.15) is 0 Å². The first-order valence-corrected chi connectivity index (χ1v) is 13.0. The van der Waals surface area contributed by atoms with Crippen LogP contribution in [-0.2, 0) is 0 Å². The van der Waals surface area contributed by atoms with Crippen LogP contribution in [0.2, 0.25) is 0 Å². The lowest BCUT2D eigenvalue weighted by Crippen LogP contribution is -2.52. The summed E-state index contributed by atoms with van der Waals surface area (Å²) in [4.78, 5) is 0. The summed E-state index contributed by atoms with van der Waals surface area (Å²) in [7, 11) is 0. The van der Waals surface area contributed by atoms with Crippen LogP contribution >= 0.6 is 11.6 Å². The minimum absolute atomic E-state index is 0.283.